The second-order valence-electron chi connectivity index (χ2n) is 5.00. The Morgan fingerprint density at radius 1 is 1.47 bits per heavy atom. The molecule has 0 aromatic carbocycles. The number of aryl methyl sites for hydroxylation is 1. The van der Waals surface area contributed by atoms with E-state index in [4.69, 9.17) is 4.74 Å². The van der Waals surface area contributed by atoms with E-state index in [1.165, 1.54) is 23.2 Å². The van der Waals surface area contributed by atoms with Gasteiger partial charge in [-0.15, -0.1) is 5.10 Å². The summed E-state index contributed by atoms with van der Waals surface area (Å²) in [5.74, 6) is 0.801. The first-order valence-electron chi connectivity index (χ1n) is 6.60. The molecular weight excluding hydrogens is 258 g/mol. The Hall–Kier alpha value is -1.33. The molecule has 19 heavy (non-hydrogen) atoms. The highest BCUT2D eigenvalue weighted by atomic mass is 32.1. The van der Waals surface area contributed by atoms with Crippen molar-refractivity contribution >= 4 is 11.3 Å². The van der Waals surface area contributed by atoms with Gasteiger partial charge < -0.3 is 4.74 Å². The van der Waals surface area contributed by atoms with Crippen LogP contribution >= 0.6 is 11.3 Å². The van der Waals surface area contributed by atoms with Gasteiger partial charge in [0, 0.05) is 25.7 Å². The van der Waals surface area contributed by atoms with E-state index in [0.29, 0.717) is 0 Å². The molecule has 0 fully saturated rings. The van der Waals surface area contributed by atoms with Crippen LogP contribution in [0.25, 0.3) is 0 Å². The average molecular weight is 277 g/mol. The number of fused-ring (bicyclic) bond motifs is 1. The smallest absolute Gasteiger partial charge is 0.236 e. The van der Waals surface area contributed by atoms with Gasteiger partial charge in [-0.3, -0.25) is 9.58 Å². The van der Waals surface area contributed by atoms with Gasteiger partial charge >= 0.3 is 0 Å². The molecule has 1 aliphatic rings. The molecule has 2 aromatic heterocycles. The zero-order chi connectivity index (χ0) is 13.2. The van der Waals surface area contributed by atoms with E-state index in [1.54, 1.807) is 18.4 Å². The van der Waals surface area contributed by atoms with Gasteiger partial charge in [0.1, 0.15) is 0 Å². The highest BCUT2D eigenvalue weighted by Gasteiger charge is 2.22. The summed E-state index contributed by atoms with van der Waals surface area (Å²) in [5, 5.41) is 8.83. The van der Waals surface area contributed by atoms with Crippen LogP contribution in [0.2, 0.25) is 0 Å². The monoisotopic (exact) mass is 277 g/mol. The summed E-state index contributed by atoms with van der Waals surface area (Å²) in [6.07, 6.45) is 2.23. The third-order valence-corrected chi connectivity index (χ3v) is 4.42. The minimum Gasteiger partial charge on any atom is -0.480 e. The molecule has 0 saturated carbocycles. The summed E-state index contributed by atoms with van der Waals surface area (Å²) in [6.45, 7) is 3.11. The zero-order valence-corrected chi connectivity index (χ0v) is 12.2. The highest BCUT2D eigenvalue weighted by Crippen LogP contribution is 2.27. The first-order valence-corrected chi connectivity index (χ1v) is 7.54. The first-order chi connectivity index (χ1) is 9.28. The molecule has 0 unspecified atom stereocenters. The van der Waals surface area contributed by atoms with Crippen LogP contribution in [0.3, 0.4) is 0 Å². The van der Waals surface area contributed by atoms with Gasteiger partial charge in [0.2, 0.25) is 5.88 Å². The summed E-state index contributed by atoms with van der Waals surface area (Å²) in [6, 6.07) is 2.21. The molecule has 1 aliphatic heterocycles. The molecular formula is C14H19N3OS. The Balaban J connectivity index is 1.82. The van der Waals surface area contributed by atoms with Crippen LogP contribution < -0.4 is 4.74 Å². The van der Waals surface area contributed by atoms with Crippen molar-refractivity contribution in [3.05, 3.63) is 33.6 Å². The lowest BCUT2D eigenvalue weighted by atomic mass is 10.1. The van der Waals surface area contributed by atoms with Crippen molar-refractivity contribution < 1.29 is 4.74 Å². The molecule has 0 aliphatic carbocycles. The van der Waals surface area contributed by atoms with Gasteiger partial charge in [-0.2, -0.15) is 11.3 Å². The van der Waals surface area contributed by atoms with Crippen LogP contribution in [-0.2, 0) is 26.6 Å². The topological polar surface area (TPSA) is 30.3 Å². The first kappa shape index (κ1) is 12.7. The number of aromatic nitrogens is 2. The highest BCUT2D eigenvalue weighted by molar-refractivity contribution is 7.07. The molecule has 2 aromatic rings. The predicted molar refractivity (Wildman–Crippen MR) is 76.5 cm³/mol. The number of rotatable bonds is 3. The van der Waals surface area contributed by atoms with Crippen LogP contribution in [0, 0.1) is 0 Å². The van der Waals surface area contributed by atoms with E-state index in [1.807, 2.05) is 11.7 Å². The number of ether oxygens (including phenoxy) is 1. The Morgan fingerprint density at radius 2 is 2.37 bits per heavy atom. The molecule has 3 rings (SSSR count). The molecule has 4 nitrogen and oxygen atoms in total. The molecule has 0 radical (unpaired) electrons. The van der Waals surface area contributed by atoms with Gasteiger partial charge in [-0.25, -0.2) is 0 Å². The van der Waals surface area contributed by atoms with E-state index in [0.717, 1.165) is 31.9 Å². The SMILES string of the molecule is COc1nn(C)c2c1CCCN(Cc1ccsc1)C2. The lowest BCUT2D eigenvalue weighted by molar-refractivity contribution is 0.254. The Morgan fingerprint density at radius 3 is 3.11 bits per heavy atom. The fourth-order valence-corrected chi connectivity index (χ4v) is 3.39. The molecule has 0 saturated heterocycles. The summed E-state index contributed by atoms with van der Waals surface area (Å²) < 4.78 is 7.35. The van der Waals surface area contributed by atoms with E-state index in [-0.39, 0.29) is 0 Å². The second-order valence-corrected chi connectivity index (χ2v) is 5.78. The van der Waals surface area contributed by atoms with Gasteiger partial charge in [-0.1, -0.05) is 0 Å². The number of nitrogens with zero attached hydrogens (tertiary/aromatic N) is 3. The van der Waals surface area contributed by atoms with Crippen LogP contribution in [0.15, 0.2) is 16.8 Å². The van der Waals surface area contributed by atoms with Gasteiger partial charge in [0.25, 0.3) is 0 Å². The van der Waals surface area contributed by atoms with Crippen LogP contribution in [-0.4, -0.2) is 28.3 Å². The number of hydrogen-bond donors (Lipinski definition) is 0. The van der Waals surface area contributed by atoms with Crippen molar-refractivity contribution in [3.63, 3.8) is 0 Å². The quantitative estimate of drug-likeness (QED) is 0.863. The minimum atomic E-state index is 0.801. The van der Waals surface area contributed by atoms with Crippen molar-refractivity contribution in [2.24, 2.45) is 7.05 Å². The van der Waals surface area contributed by atoms with Crippen LogP contribution in [0.5, 0.6) is 5.88 Å². The summed E-state index contributed by atoms with van der Waals surface area (Å²) in [5.41, 5.74) is 3.99. The molecule has 0 spiro atoms. The van der Waals surface area contributed by atoms with Crippen molar-refractivity contribution in [1.82, 2.24) is 14.7 Å². The Kier molecular flexibility index (Phi) is 3.57. The maximum Gasteiger partial charge on any atom is 0.236 e. The van der Waals surface area contributed by atoms with E-state index < -0.39 is 0 Å². The van der Waals surface area contributed by atoms with Crippen LogP contribution in [0.4, 0.5) is 0 Å². The average Bonchev–Trinajstić information content (AvgIpc) is 2.94. The Labute approximate surface area is 117 Å². The van der Waals surface area contributed by atoms with Gasteiger partial charge in [0.15, 0.2) is 0 Å². The molecule has 0 amide bonds. The Bertz CT molecular complexity index is 547. The molecule has 0 atom stereocenters. The number of hydrogen-bond acceptors (Lipinski definition) is 4. The van der Waals surface area contributed by atoms with Crippen molar-refractivity contribution in [2.75, 3.05) is 13.7 Å². The largest absolute Gasteiger partial charge is 0.480 e. The van der Waals surface area contributed by atoms with E-state index >= 15 is 0 Å². The summed E-state index contributed by atoms with van der Waals surface area (Å²) in [7, 11) is 3.71. The normalized spacial score (nSPS) is 16.1. The minimum absolute atomic E-state index is 0.801. The lowest BCUT2D eigenvalue weighted by Gasteiger charge is -2.19. The number of thiophene rings is 1. The number of methoxy groups -OCH3 is 1. The maximum absolute atomic E-state index is 5.38. The fraction of sp³-hybridized carbons (Fsp3) is 0.500. The van der Waals surface area contributed by atoms with Gasteiger partial charge in [0.05, 0.1) is 12.8 Å². The fourth-order valence-electron chi connectivity index (χ4n) is 2.73. The predicted octanol–water partition coefficient (Wildman–Crippen LogP) is 2.44. The standard InChI is InChI=1S/C14H19N3OS/c1-16-13-9-17(8-11-5-7-19-10-11)6-3-4-12(13)14(15-16)18-2/h5,7,10H,3-4,6,8-9H2,1-2H3. The summed E-state index contributed by atoms with van der Waals surface area (Å²) >= 11 is 1.77. The van der Waals surface area contributed by atoms with Crippen molar-refractivity contribution in [3.8, 4) is 5.88 Å². The third-order valence-electron chi connectivity index (χ3n) is 3.69. The van der Waals surface area contributed by atoms with E-state index in [2.05, 4.69) is 26.8 Å². The van der Waals surface area contributed by atoms with E-state index in [9.17, 15) is 0 Å². The molecule has 3 heterocycles. The molecule has 5 heteroatoms. The third kappa shape index (κ3) is 2.53. The van der Waals surface area contributed by atoms with Crippen molar-refractivity contribution in [1.29, 1.82) is 0 Å². The lowest BCUT2D eigenvalue weighted by Crippen LogP contribution is -2.23. The molecule has 0 bridgehead atoms. The van der Waals surface area contributed by atoms with Crippen molar-refractivity contribution in [2.45, 2.75) is 25.9 Å². The molecule has 102 valence electrons. The van der Waals surface area contributed by atoms with Gasteiger partial charge in [-0.05, 0) is 41.8 Å². The van der Waals surface area contributed by atoms with Crippen LogP contribution in [0.1, 0.15) is 23.2 Å². The second kappa shape index (κ2) is 5.35. The zero-order valence-electron chi connectivity index (χ0n) is 11.4. The summed E-state index contributed by atoms with van der Waals surface area (Å²) in [4.78, 5) is 2.50. The molecule has 0 N–H and O–H groups in total. The maximum atomic E-state index is 5.38.